The summed E-state index contributed by atoms with van der Waals surface area (Å²) >= 11 is 0. The van der Waals surface area contributed by atoms with Gasteiger partial charge in [0, 0.05) is 19.2 Å². The lowest BCUT2D eigenvalue weighted by Gasteiger charge is -2.11. The van der Waals surface area contributed by atoms with Gasteiger partial charge in [-0.15, -0.1) is 0 Å². The van der Waals surface area contributed by atoms with Crippen LogP contribution in [0.2, 0.25) is 0 Å². The van der Waals surface area contributed by atoms with E-state index in [1.54, 1.807) is 24.3 Å². The van der Waals surface area contributed by atoms with E-state index in [2.05, 4.69) is 16.0 Å². The largest absolute Gasteiger partial charge is 0.379 e. The summed E-state index contributed by atoms with van der Waals surface area (Å²) in [6, 6.07) is 6.85. The van der Waals surface area contributed by atoms with Crippen LogP contribution >= 0.6 is 0 Å². The number of carbonyl (C=O) groups excluding carboxylic acids is 3. The van der Waals surface area contributed by atoms with Crippen molar-refractivity contribution in [2.45, 2.75) is 45.3 Å². The van der Waals surface area contributed by atoms with Crippen molar-refractivity contribution in [2.24, 2.45) is 0 Å². The van der Waals surface area contributed by atoms with E-state index in [1.165, 1.54) is 0 Å². The Morgan fingerprint density at radius 2 is 1.88 bits per heavy atom. The van der Waals surface area contributed by atoms with Gasteiger partial charge in [-0.25, -0.2) is 0 Å². The molecule has 3 N–H and O–H groups in total. The molecule has 1 aliphatic rings. The first-order chi connectivity index (χ1) is 12.0. The van der Waals surface area contributed by atoms with Crippen LogP contribution in [0, 0.1) is 0 Å². The number of benzene rings is 1. The van der Waals surface area contributed by atoms with E-state index in [9.17, 15) is 14.4 Å². The van der Waals surface area contributed by atoms with Gasteiger partial charge in [0.2, 0.25) is 0 Å². The molecule has 1 aromatic carbocycles. The monoisotopic (exact) mass is 347 g/mol. The van der Waals surface area contributed by atoms with Gasteiger partial charge in [0.05, 0.1) is 17.4 Å². The summed E-state index contributed by atoms with van der Waals surface area (Å²) in [4.78, 5) is 36.0. The van der Waals surface area contributed by atoms with Gasteiger partial charge < -0.3 is 20.7 Å². The van der Waals surface area contributed by atoms with Crippen LogP contribution in [0.3, 0.4) is 0 Å². The highest BCUT2D eigenvalue weighted by molar-refractivity contribution is 6.40. The predicted molar refractivity (Wildman–Crippen MR) is 94.3 cm³/mol. The second kappa shape index (κ2) is 9.17. The van der Waals surface area contributed by atoms with Crippen molar-refractivity contribution in [1.82, 2.24) is 10.6 Å². The molecule has 1 aromatic rings. The number of ether oxygens (including phenoxy) is 1. The van der Waals surface area contributed by atoms with Gasteiger partial charge in [-0.1, -0.05) is 12.1 Å². The summed E-state index contributed by atoms with van der Waals surface area (Å²) < 4.78 is 5.36. The molecule has 3 amide bonds. The quantitative estimate of drug-likeness (QED) is 0.490. The van der Waals surface area contributed by atoms with Gasteiger partial charge in [-0.3, -0.25) is 14.4 Å². The van der Waals surface area contributed by atoms with Crippen LogP contribution in [0.4, 0.5) is 5.69 Å². The first-order valence-electron chi connectivity index (χ1n) is 8.58. The van der Waals surface area contributed by atoms with Gasteiger partial charge in [0.1, 0.15) is 0 Å². The molecule has 136 valence electrons. The molecule has 1 aliphatic carbocycles. The Morgan fingerprint density at radius 3 is 2.56 bits per heavy atom. The van der Waals surface area contributed by atoms with Crippen molar-refractivity contribution in [1.29, 1.82) is 0 Å². The molecule has 2 rings (SSSR count). The van der Waals surface area contributed by atoms with Crippen molar-refractivity contribution >= 4 is 23.4 Å². The number of rotatable bonds is 8. The van der Waals surface area contributed by atoms with Crippen LogP contribution in [-0.2, 0) is 14.3 Å². The Kier molecular flexibility index (Phi) is 6.94. The lowest BCUT2D eigenvalue weighted by Crippen LogP contribution is -2.37. The standard InChI is InChI=1S/C18H25N3O4/c1-12(2)25-11-5-10-19-17(23)18(24)21-15-7-4-3-6-14(15)16(22)20-13-8-9-13/h3-4,6-7,12-13H,5,8-11H2,1-2H3,(H,19,23)(H,20,22)(H,21,24). The topological polar surface area (TPSA) is 96.5 Å². The fourth-order valence-corrected chi connectivity index (χ4v) is 2.13. The van der Waals surface area contributed by atoms with E-state index in [0.29, 0.717) is 30.8 Å². The maximum absolute atomic E-state index is 12.2. The Bertz CT molecular complexity index is 627. The number of carbonyl (C=O) groups is 3. The molecule has 7 nitrogen and oxygen atoms in total. The second-order valence-corrected chi connectivity index (χ2v) is 6.28. The fraction of sp³-hybridized carbons (Fsp3) is 0.500. The van der Waals surface area contributed by atoms with Crippen molar-refractivity contribution < 1.29 is 19.1 Å². The Balaban J connectivity index is 1.83. The molecule has 0 spiro atoms. The van der Waals surface area contributed by atoms with Crippen molar-refractivity contribution in [3.8, 4) is 0 Å². The van der Waals surface area contributed by atoms with Gasteiger partial charge in [-0.2, -0.15) is 0 Å². The zero-order chi connectivity index (χ0) is 18.2. The molecular weight excluding hydrogens is 322 g/mol. The summed E-state index contributed by atoms with van der Waals surface area (Å²) in [6.45, 7) is 4.73. The third kappa shape index (κ3) is 6.54. The fourth-order valence-electron chi connectivity index (χ4n) is 2.13. The second-order valence-electron chi connectivity index (χ2n) is 6.28. The minimum atomic E-state index is -0.795. The van der Waals surface area contributed by atoms with Gasteiger partial charge in [-0.05, 0) is 45.2 Å². The lowest BCUT2D eigenvalue weighted by molar-refractivity contribution is -0.136. The van der Waals surface area contributed by atoms with Crippen LogP contribution in [-0.4, -0.2) is 43.0 Å². The molecule has 1 fully saturated rings. The number of anilines is 1. The third-order valence-corrected chi connectivity index (χ3v) is 3.60. The van der Waals surface area contributed by atoms with Crippen LogP contribution in [0.1, 0.15) is 43.5 Å². The van der Waals surface area contributed by atoms with E-state index in [4.69, 9.17) is 4.74 Å². The molecule has 0 atom stereocenters. The van der Waals surface area contributed by atoms with Crippen LogP contribution in [0.25, 0.3) is 0 Å². The molecule has 1 saturated carbocycles. The predicted octanol–water partition coefficient (Wildman–Crippen LogP) is 1.45. The van der Waals surface area contributed by atoms with Crippen LogP contribution in [0.15, 0.2) is 24.3 Å². The number of hydrogen-bond donors (Lipinski definition) is 3. The molecule has 0 aromatic heterocycles. The van der Waals surface area contributed by atoms with E-state index in [1.807, 2.05) is 13.8 Å². The highest BCUT2D eigenvalue weighted by atomic mass is 16.5. The SMILES string of the molecule is CC(C)OCCCNC(=O)C(=O)Nc1ccccc1C(=O)NC1CC1. The van der Waals surface area contributed by atoms with E-state index >= 15 is 0 Å². The Hall–Kier alpha value is -2.41. The Labute approximate surface area is 147 Å². The Morgan fingerprint density at radius 1 is 1.16 bits per heavy atom. The first-order valence-corrected chi connectivity index (χ1v) is 8.58. The van der Waals surface area contributed by atoms with Crippen molar-refractivity contribution in [2.75, 3.05) is 18.5 Å². The number of nitrogens with one attached hydrogen (secondary N) is 3. The van der Waals surface area contributed by atoms with Gasteiger partial charge in [0.25, 0.3) is 5.91 Å². The zero-order valence-electron chi connectivity index (χ0n) is 14.6. The number of para-hydroxylation sites is 1. The summed E-state index contributed by atoms with van der Waals surface area (Å²) in [5.41, 5.74) is 0.671. The summed E-state index contributed by atoms with van der Waals surface area (Å²) in [5.74, 6) is -1.77. The van der Waals surface area contributed by atoms with Crippen LogP contribution in [0.5, 0.6) is 0 Å². The number of amides is 3. The van der Waals surface area contributed by atoms with E-state index in [-0.39, 0.29) is 18.1 Å². The average Bonchev–Trinajstić information content (AvgIpc) is 3.38. The molecule has 0 saturated heterocycles. The normalized spacial score (nSPS) is 13.4. The smallest absolute Gasteiger partial charge is 0.313 e. The zero-order valence-corrected chi connectivity index (χ0v) is 14.6. The summed E-state index contributed by atoms with van der Waals surface area (Å²) in [7, 11) is 0. The third-order valence-electron chi connectivity index (χ3n) is 3.60. The van der Waals surface area contributed by atoms with Gasteiger partial charge >= 0.3 is 11.8 Å². The molecule has 0 bridgehead atoms. The summed E-state index contributed by atoms with van der Waals surface area (Å²) in [5, 5.41) is 7.90. The highest BCUT2D eigenvalue weighted by Gasteiger charge is 2.25. The molecule has 25 heavy (non-hydrogen) atoms. The van der Waals surface area contributed by atoms with E-state index in [0.717, 1.165) is 12.8 Å². The minimum Gasteiger partial charge on any atom is -0.379 e. The molecule has 0 aliphatic heterocycles. The maximum Gasteiger partial charge on any atom is 0.313 e. The first kappa shape index (κ1) is 18.9. The molecule has 0 heterocycles. The highest BCUT2D eigenvalue weighted by Crippen LogP contribution is 2.21. The minimum absolute atomic E-state index is 0.136. The van der Waals surface area contributed by atoms with Crippen molar-refractivity contribution in [3.63, 3.8) is 0 Å². The maximum atomic E-state index is 12.2. The molecule has 7 heteroatoms. The lowest BCUT2D eigenvalue weighted by atomic mass is 10.1. The van der Waals surface area contributed by atoms with E-state index < -0.39 is 11.8 Å². The average molecular weight is 347 g/mol. The molecular formula is C18H25N3O4. The van der Waals surface area contributed by atoms with Gasteiger partial charge in [0.15, 0.2) is 0 Å². The van der Waals surface area contributed by atoms with Crippen molar-refractivity contribution in [3.05, 3.63) is 29.8 Å². The number of hydrogen-bond acceptors (Lipinski definition) is 4. The summed E-state index contributed by atoms with van der Waals surface area (Å²) in [6.07, 6.45) is 2.71. The van der Waals surface area contributed by atoms with Crippen LogP contribution < -0.4 is 16.0 Å². The molecule has 0 unspecified atom stereocenters. The molecule has 0 radical (unpaired) electrons.